The van der Waals surface area contributed by atoms with Gasteiger partial charge in [0.2, 0.25) is 5.91 Å². The van der Waals surface area contributed by atoms with E-state index in [1.165, 1.54) is 7.11 Å². The summed E-state index contributed by atoms with van der Waals surface area (Å²) >= 11 is 0. The largest absolute Gasteiger partial charge is 0.469 e. The topological polar surface area (TPSA) is 84.9 Å². The van der Waals surface area contributed by atoms with Crippen molar-refractivity contribution in [2.24, 2.45) is 0 Å². The van der Waals surface area contributed by atoms with Crippen LogP contribution in [-0.2, 0) is 19.1 Å². The Morgan fingerprint density at radius 1 is 1.23 bits per heavy atom. The first-order chi connectivity index (χ1) is 10.6. The fourth-order valence-electron chi connectivity index (χ4n) is 2.11. The van der Waals surface area contributed by atoms with Crippen LogP contribution < -0.4 is 5.32 Å². The van der Waals surface area contributed by atoms with Crippen LogP contribution in [0.25, 0.3) is 0 Å². The first-order valence-corrected chi connectivity index (χ1v) is 6.94. The van der Waals surface area contributed by atoms with Crippen molar-refractivity contribution < 1.29 is 23.9 Å². The molecule has 7 heteroatoms. The molecule has 22 heavy (non-hydrogen) atoms. The molecule has 0 aromatic heterocycles. The first-order valence-electron chi connectivity index (χ1n) is 6.94. The second kappa shape index (κ2) is 7.56. The van der Waals surface area contributed by atoms with Gasteiger partial charge in [0.25, 0.3) is 5.91 Å². The molecule has 1 fully saturated rings. The van der Waals surface area contributed by atoms with Gasteiger partial charge in [-0.15, -0.1) is 0 Å². The van der Waals surface area contributed by atoms with E-state index < -0.39 is 18.3 Å². The van der Waals surface area contributed by atoms with Crippen molar-refractivity contribution in [2.45, 2.75) is 6.42 Å². The Kier molecular flexibility index (Phi) is 5.48. The molecule has 7 nitrogen and oxygen atoms in total. The third kappa shape index (κ3) is 4.05. The molecule has 1 saturated heterocycles. The number of hydrogen-bond donors (Lipinski definition) is 1. The summed E-state index contributed by atoms with van der Waals surface area (Å²) in [6.45, 7) is 2.04. The van der Waals surface area contributed by atoms with Gasteiger partial charge in [0.15, 0.2) is 0 Å². The number of nitrogens with zero attached hydrogens (tertiary/aromatic N) is 1. The van der Waals surface area contributed by atoms with E-state index in [1.807, 2.05) is 0 Å². The molecule has 0 aliphatic carbocycles. The quantitative estimate of drug-likeness (QED) is 0.652. The van der Waals surface area contributed by atoms with Gasteiger partial charge >= 0.3 is 5.97 Å². The fourth-order valence-corrected chi connectivity index (χ4v) is 2.11. The summed E-state index contributed by atoms with van der Waals surface area (Å²) in [4.78, 5) is 37.1. The van der Waals surface area contributed by atoms with Gasteiger partial charge in [-0.2, -0.15) is 0 Å². The van der Waals surface area contributed by atoms with Crippen LogP contribution >= 0.6 is 0 Å². The van der Waals surface area contributed by atoms with Gasteiger partial charge in [0.05, 0.1) is 31.6 Å². The highest BCUT2D eigenvalue weighted by molar-refractivity contribution is 6.07. The monoisotopic (exact) mass is 306 g/mol. The smallest absolute Gasteiger partial charge is 0.315 e. The molecule has 1 aromatic rings. The minimum Gasteiger partial charge on any atom is -0.469 e. The van der Waals surface area contributed by atoms with Crippen molar-refractivity contribution >= 4 is 23.5 Å². The predicted octanol–water partition coefficient (Wildman–Crippen LogP) is 0.661. The molecule has 0 spiro atoms. The van der Waals surface area contributed by atoms with Crippen molar-refractivity contribution in [3.63, 3.8) is 0 Å². The van der Waals surface area contributed by atoms with E-state index in [2.05, 4.69) is 10.1 Å². The summed E-state index contributed by atoms with van der Waals surface area (Å²) in [7, 11) is 1.21. The maximum atomic E-state index is 12.5. The molecular weight excluding hydrogens is 288 g/mol. The number of methoxy groups -OCH3 is 1. The third-order valence-corrected chi connectivity index (χ3v) is 3.26. The van der Waals surface area contributed by atoms with Crippen molar-refractivity contribution in [3.05, 3.63) is 29.8 Å². The molecule has 0 unspecified atom stereocenters. The number of hydrogen-bond acceptors (Lipinski definition) is 5. The number of rotatable bonds is 4. The number of carbonyl (C=O) groups excluding carboxylic acids is 3. The minimum absolute atomic E-state index is 0.169. The van der Waals surface area contributed by atoms with E-state index in [0.717, 1.165) is 0 Å². The Morgan fingerprint density at radius 2 is 1.91 bits per heavy atom. The molecule has 0 bridgehead atoms. The number of ether oxygens (including phenoxy) is 2. The summed E-state index contributed by atoms with van der Waals surface area (Å²) in [5.41, 5.74) is 0.774. The zero-order chi connectivity index (χ0) is 15.9. The second-order valence-electron chi connectivity index (χ2n) is 4.75. The highest BCUT2D eigenvalue weighted by Gasteiger charge is 2.21. The third-order valence-electron chi connectivity index (χ3n) is 3.26. The summed E-state index contributed by atoms with van der Waals surface area (Å²) in [6, 6.07) is 6.71. The van der Waals surface area contributed by atoms with Crippen LogP contribution in [0.3, 0.4) is 0 Å². The van der Waals surface area contributed by atoms with Crippen LogP contribution in [0.5, 0.6) is 0 Å². The fraction of sp³-hybridized carbons (Fsp3) is 0.400. The Bertz CT molecular complexity index is 567. The Balaban J connectivity index is 2.10. The number of amides is 2. The molecule has 0 atom stereocenters. The molecule has 1 aromatic carbocycles. The lowest BCUT2D eigenvalue weighted by atomic mass is 10.1. The molecule has 1 N–H and O–H groups in total. The summed E-state index contributed by atoms with van der Waals surface area (Å²) in [6.07, 6.45) is -0.392. The van der Waals surface area contributed by atoms with Crippen LogP contribution in [0.2, 0.25) is 0 Å². The molecule has 0 saturated carbocycles. The van der Waals surface area contributed by atoms with Crippen molar-refractivity contribution in [2.75, 3.05) is 38.7 Å². The van der Waals surface area contributed by atoms with Crippen LogP contribution in [0, 0.1) is 0 Å². The van der Waals surface area contributed by atoms with Gasteiger partial charge in [-0.1, -0.05) is 12.1 Å². The maximum absolute atomic E-state index is 12.5. The lowest BCUT2D eigenvalue weighted by molar-refractivity contribution is -0.142. The maximum Gasteiger partial charge on any atom is 0.315 e. The molecule has 1 aliphatic heterocycles. The Morgan fingerprint density at radius 3 is 2.59 bits per heavy atom. The van der Waals surface area contributed by atoms with Gasteiger partial charge in [-0.25, -0.2) is 0 Å². The minimum atomic E-state index is -0.630. The molecule has 0 radical (unpaired) electrons. The lowest BCUT2D eigenvalue weighted by Crippen LogP contribution is -2.41. The first kappa shape index (κ1) is 16.0. The van der Waals surface area contributed by atoms with Crippen molar-refractivity contribution in [1.29, 1.82) is 0 Å². The molecule has 1 heterocycles. The van der Waals surface area contributed by atoms with Gasteiger partial charge in [0.1, 0.15) is 6.42 Å². The van der Waals surface area contributed by atoms with E-state index in [4.69, 9.17) is 4.74 Å². The zero-order valence-corrected chi connectivity index (χ0v) is 12.3. The lowest BCUT2D eigenvalue weighted by Gasteiger charge is -2.27. The number of morpholine rings is 1. The average molecular weight is 306 g/mol. The van der Waals surface area contributed by atoms with E-state index in [0.29, 0.717) is 37.6 Å². The number of carbonyl (C=O) groups is 3. The zero-order valence-electron chi connectivity index (χ0n) is 12.3. The standard InChI is InChI=1S/C15H18N2O5/c1-21-14(19)10-13(18)16-12-5-3-2-4-11(12)15(20)17-6-8-22-9-7-17/h2-5H,6-10H2,1H3,(H,16,18). The Hall–Kier alpha value is -2.41. The van der Waals surface area contributed by atoms with Crippen LogP contribution in [0.1, 0.15) is 16.8 Å². The molecule has 2 amide bonds. The number of esters is 1. The summed E-state index contributed by atoms with van der Waals surface area (Å²) in [5, 5.41) is 2.58. The second-order valence-corrected chi connectivity index (χ2v) is 4.75. The Labute approximate surface area is 128 Å². The average Bonchev–Trinajstić information content (AvgIpc) is 2.55. The van der Waals surface area contributed by atoms with Crippen LogP contribution in [0.15, 0.2) is 24.3 Å². The van der Waals surface area contributed by atoms with E-state index in [9.17, 15) is 14.4 Å². The van der Waals surface area contributed by atoms with Gasteiger partial charge in [0, 0.05) is 13.1 Å². The van der Waals surface area contributed by atoms with Gasteiger partial charge in [-0.3, -0.25) is 14.4 Å². The SMILES string of the molecule is COC(=O)CC(=O)Nc1ccccc1C(=O)N1CCOCC1. The summed E-state index contributed by atoms with van der Waals surface area (Å²) in [5.74, 6) is -1.32. The number of nitrogens with one attached hydrogen (secondary N) is 1. The molecule has 118 valence electrons. The highest BCUT2D eigenvalue weighted by Crippen LogP contribution is 2.18. The van der Waals surface area contributed by atoms with E-state index >= 15 is 0 Å². The number of anilines is 1. The normalized spacial score (nSPS) is 14.3. The highest BCUT2D eigenvalue weighted by atomic mass is 16.5. The van der Waals surface area contributed by atoms with Crippen LogP contribution in [0.4, 0.5) is 5.69 Å². The van der Waals surface area contributed by atoms with Gasteiger partial charge in [-0.05, 0) is 12.1 Å². The van der Waals surface area contributed by atoms with Crippen molar-refractivity contribution in [3.8, 4) is 0 Å². The summed E-state index contributed by atoms with van der Waals surface area (Å²) < 4.78 is 9.66. The molecular formula is C15H18N2O5. The number of para-hydroxylation sites is 1. The van der Waals surface area contributed by atoms with Crippen molar-refractivity contribution in [1.82, 2.24) is 4.90 Å². The molecule has 2 rings (SSSR count). The van der Waals surface area contributed by atoms with Crippen LogP contribution in [-0.4, -0.2) is 56.1 Å². The van der Waals surface area contributed by atoms with E-state index in [1.54, 1.807) is 29.2 Å². The predicted molar refractivity (Wildman–Crippen MR) is 78.4 cm³/mol. The number of benzene rings is 1. The molecule has 1 aliphatic rings. The van der Waals surface area contributed by atoms with E-state index in [-0.39, 0.29) is 5.91 Å². The van der Waals surface area contributed by atoms with Gasteiger partial charge < -0.3 is 19.7 Å².